The molecule has 0 radical (unpaired) electrons. The summed E-state index contributed by atoms with van der Waals surface area (Å²) in [5, 5.41) is 2.85. The molecule has 2 heterocycles. The number of rotatable bonds is 14. The normalized spacial score (nSPS) is 14.2. The molecular weight excluding hydrogens is 638 g/mol. The van der Waals surface area contributed by atoms with Crippen molar-refractivity contribution < 1.29 is 23.9 Å². The van der Waals surface area contributed by atoms with E-state index in [0.717, 1.165) is 57.3 Å². The highest BCUT2D eigenvalue weighted by Gasteiger charge is 2.23. The molecule has 1 atom stereocenters. The van der Waals surface area contributed by atoms with Crippen LogP contribution in [-0.2, 0) is 4.79 Å². The molecule has 1 aromatic heterocycles. The molecule has 14 nitrogen and oxygen atoms in total. The Morgan fingerprint density at radius 2 is 1.86 bits per heavy atom. The van der Waals surface area contributed by atoms with Gasteiger partial charge in [0.25, 0.3) is 11.8 Å². The Morgan fingerprint density at radius 1 is 1.08 bits per heavy atom. The van der Waals surface area contributed by atoms with E-state index in [2.05, 4.69) is 37.1 Å². The fraction of sp³-hybridized carbons (Fsp3) is 0.361. The summed E-state index contributed by atoms with van der Waals surface area (Å²) < 4.78 is 11.8. The lowest BCUT2D eigenvalue weighted by Gasteiger charge is -2.35. The molecule has 5 rings (SSSR count). The number of carbonyl (C=O) groups excluding carboxylic acids is 3. The number of H-pyrrole nitrogens is 1. The van der Waals surface area contributed by atoms with Gasteiger partial charge in [-0.15, -0.1) is 0 Å². The van der Waals surface area contributed by atoms with Crippen LogP contribution in [0.2, 0.25) is 0 Å². The van der Waals surface area contributed by atoms with Gasteiger partial charge in [0.15, 0.2) is 5.96 Å². The zero-order valence-corrected chi connectivity index (χ0v) is 28.9. The minimum Gasteiger partial charge on any atom is -0.495 e. The van der Waals surface area contributed by atoms with Crippen molar-refractivity contribution in [2.75, 3.05) is 64.2 Å². The molecule has 0 bridgehead atoms. The first-order valence-corrected chi connectivity index (χ1v) is 16.5. The second-order valence-corrected chi connectivity index (χ2v) is 12.4. The molecule has 3 aromatic carbocycles. The van der Waals surface area contributed by atoms with Gasteiger partial charge >= 0.3 is 0 Å². The molecule has 0 spiro atoms. The van der Waals surface area contributed by atoms with Crippen LogP contribution in [0.5, 0.6) is 11.5 Å². The summed E-state index contributed by atoms with van der Waals surface area (Å²) in [6.07, 6.45) is 3.48. The van der Waals surface area contributed by atoms with Crippen LogP contribution in [0.1, 0.15) is 45.5 Å². The Hall–Kier alpha value is -5.47. The molecule has 0 aliphatic carbocycles. The number of guanidine groups is 1. The number of nitrogens with one attached hydrogen (secondary N) is 2. The van der Waals surface area contributed by atoms with E-state index in [1.54, 1.807) is 43.4 Å². The van der Waals surface area contributed by atoms with Crippen LogP contribution in [0.4, 0.5) is 17.3 Å². The lowest BCUT2D eigenvalue weighted by molar-refractivity contribution is -0.113. The Labute approximate surface area is 291 Å². The highest BCUT2D eigenvalue weighted by molar-refractivity contribution is 6.13. The summed E-state index contributed by atoms with van der Waals surface area (Å²) in [7, 11) is 5.25. The lowest BCUT2D eigenvalue weighted by Crippen LogP contribution is -2.49. The summed E-state index contributed by atoms with van der Waals surface area (Å²) in [5.41, 5.74) is 14.6. The average Bonchev–Trinajstić information content (AvgIpc) is 3.52. The van der Waals surface area contributed by atoms with Crippen LogP contribution in [0.25, 0.3) is 11.0 Å². The minimum atomic E-state index is -0.435. The van der Waals surface area contributed by atoms with Gasteiger partial charge in [0.2, 0.25) is 5.95 Å². The monoisotopic (exact) mass is 683 g/mol. The van der Waals surface area contributed by atoms with Gasteiger partial charge in [-0.2, -0.15) is 4.99 Å². The van der Waals surface area contributed by atoms with Crippen molar-refractivity contribution in [1.29, 1.82) is 0 Å². The first-order chi connectivity index (χ1) is 24.1. The number of hydrogen-bond acceptors (Lipinski definition) is 9. The van der Waals surface area contributed by atoms with Crippen LogP contribution >= 0.6 is 0 Å². The number of nitrogens with zero attached hydrogens (tertiary/aromatic N) is 5. The third-order valence-corrected chi connectivity index (χ3v) is 8.77. The Kier molecular flexibility index (Phi) is 11.7. The number of methoxy groups -OCH3 is 1. The number of nitrogens with two attached hydrogens (primary N) is 2. The van der Waals surface area contributed by atoms with Gasteiger partial charge in [0.05, 0.1) is 42.2 Å². The number of unbranched alkanes of at least 4 members (excludes halogenated alkanes) is 1. The van der Waals surface area contributed by atoms with Gasteiger partial charge in [-0.05, 0) is 81.3 Å². The Balaban J connectivity index is 1.23. The molecule has 6 N–H and O–H groups in total. The van der Waals surface area contributed by atoms with E-state index < -0.39 is 5.91 Å². The number of aldehydes is 1. The predicted octanol–water partition coefficient (Wildman–Crippen LogP) is 3.68. The number of aliphatic imine (C=N–C) groups is 1. The number of para-hydroxylation sites is 1. The zero-order chi connectivity index (χ0) is 35.8. The number of aromatic nitrogens is 2. The van der Waals surface area contributed by atoms with Crippen LogP contribution in [0, 0.1) is 6.92 Å². The third kappa shape index (κ3) is 8.57. The number of amides is 2. The second-order valence-electron chi connectivity index (χ2n) is 12.4. The number of aryl methyl sites for hydroxylation is 1. The maximum atomic E-state index is 13.7. The van der Waals surface area contributed by atoms with E-state index in [1.165, 1.54) is 12.0 Å². The first-order valence-electron chi connectivity index (χ1n) is 16.5. The average molecular weight is 684 g/mol. The van der Waals surface area contributed by atoms with Crippen molar-refractivity contribution in [2.24, 2.45) is 16.5 Å². The first kappa shape index (κ1) is 35.8. The van der Waals surface area contributed by atoms with E-state index in [0.29, 0.717) is 51.6 Å². The van der Waals surface area contributed by atoms with E-state index in [4.69, 9.17) is 20.9 Å². The molecule has 2 amide bonds. The maximum absolute atomic E-state index is 13.7. The van der Waals surface area contributed by atoms with Crippen LogP contribution in [-0.4, -0.2) is 104 Å². The largest absolute Gasteiger partial charge is 0.495 e. The molecule has 1 unspecified atom stereocenters. The highest BCUT2D eigenvalue weighted by Crippen LogP contribution is 2.32. The number of benzene rings is 3. The van der Waals surface area contributed by atoms with Crippen LogP contribution < -0.4 is 31.2 Å². The summed E-state index contributed by atoms with van der Waals surface area (Å²) in [5.74, 6) is 0.191. The number of ether oxygens (including phenoxy) is 2. The molecular formula is C36H45N9O5. The predicted molar refractivity (Wildman–Crippen MR) is 195 cm³/mol. The Morgan fingerprint density at radius 3 is 2.58 bits per heavy atom. The van der Waals surface area contributed by atoms with Gasteiger partial charge in [-0.3, -0.25) is 14.5 Å². The van der Waals surface area contributed by atoms with Gasteiger partial charge in [0, 0.05) is 38.8 Å². The van der Waals surface area contributed by atoms with E-state index >= 15 is 0 Å². The number of hydrogen-bond donors (Lipinski definition) is 4. The fourth-order valence-corrected chi connectivity index (χ4v) is 5.94. The summed E-state index contributed by atoms with van der Waals surface area (Å²) in [6.45, 7) is 6.17. The zero-order valence-electron chi connectivity index (χ0n) is 28.9. The summed E-state index contributed by atoms with van der Waals surface area (Å²) in [6, 6.07) is 15.6. The quantitative estimate of drug-likeness (QED) is 0.0662. The molecule has 4 aromatic rings. The van der Waals surface area contributed by atoms with Crippen molar-refractivity contribution >= 4 is 52.4 Å². The molecule has 0 saturated carbocycles. The Bertz CT molecular complexity index is 1860. The van der Waals surface area contributed by atoms with Gasteiger partial charge in [-0.1, -0.05) is 12.1 Å². The van der Waals surface area contributed by atoms with Crippen molar-refractivity contribution in [2.45, 2.75) is 32.2 Å². The molecule has 50 heavy (non-hydrogen) atoms. The minimum absolute atomic E-state index is 0.0746. The maximum Gasteiger partial charge on any atom is 0.258 e. The topological polar surface area (TPSA) is 184 Å². The number of fused-ring (bicyclic) bond motifs is 1. The second kappa shape index (κ2) is 16.3. The number of piperazine rings is 1. The highest BCUT2D eigenvalue weighted by atomic mass is 16.5. The molecule has 264 valence electrons. The van der Waals surface area contributed by atoms with Crippen molar-refractivity contribution in [3.8, 4) is 11.5 Å². The molecule has 1 fully saturated rings. The van der Waals surface area contributed by atoms with E-state index in [1.807, 2.05) is 25.1 Å². The van der Waals surface area contributed by atoms with E-state index in [9.17, 15) is 14.4 Å². The summed E-state index contributed by atoms with van der Waals surface area (Å²) >= 11 is 0. The standard InChI is InChI=1S/C36H45N9O5/c1-23-11-14-29(31(20-23)50-19-6-5-8-25(22-46)45-17-15-43(2)16-18-45)44(3)34(48)24-12-13-27(30(21-24)49-4)39-33(47)26-9-7-10-28-32(26)41-36(40-28)42-35(37)38/h7,9-14,20-22,25H,5-6,8,15-19H2,1-4H3,(H,39,47)(H5,37,38,40,41,42). The molecule has 14 heteroatoms. The van der Waals surface area contributed by atoms with Crippen LogP contribution in [0.3, 0.4) is 0 Å². The lowest BCUT2D eigenvalue weighted by atomic mass is 10.1. The van der Waals surface area contributed by atoms with Crippen molar-refractivity contribution in [3.05, 3.63) is 71.3 Å². The number of anilines is 2. The smallest absolute Gasteiger partial charge is 0.258 e. The third-order valence-electron chi connectivity index (χ3n) is 8.77. The molecule has 1 aliphatic heterocycles. The van der Waals surface area contributed by atoms with Crippen molar-refractivity contribution in [1.82, 2.24) is 19.8 Å². The molecule has 1 aliphatic rings. The fourth-order valence-electron chi connectivity index (χ4n) is 5.94. The van der Waals surface area contributed by atoms with E-state index in [-0.39, 0.29) is 23.9 Å². The number of imidazole rings is 1. The number of likely N-dealkylation sites (N-methyl/N-ethyl adjacent to an activating group) is 1. The van der Waals surface area contributed by atoms with Crippen LogP contribution in [0.15, 0.2) is 59.6 Å². The van der Waals surface area contributed by atoms with Gasteiger partial charge in [-0.25, -0.2) is 4.98 Å². The SMILES string of the molecule is COc1cc(C(=O)N(C)c2ccc(C)cc2OCCCCC(C=O)N2CCN(C)CC2)ccc1NC(=O)c1cccc2[nH]c(N=C(N)N)nc12. The molecule has 1 saturated heterocycles. The van der Waals surface area contributed by atoms with Gasteiger partial charge in [0.1, 0.15) is 23.3 Å². The number of carbonyl (C=O) groups is 3. The number of aromatic amines is 1. The van der Waals surface area contributed by atoms with Gasteiger partial charge < -0.3 is 45.8 Å². The van der Waals surface area contributed by atoms with Crippen molar-refractivity contribution in [3.63, 3.8) is 0 Å². The summed E-state index contributed by atoms with van der Waals surface area (Å²) in [4.78, 5) is 56.2.